The van der Waals surface area contributed by atoms with Crippen LogP contribution in [0.3, 0.4) is 0 Å². The molecule has 0 atom stereocenters. The molecule has 3 N–H and O–H groups in total. The highest BCUT2D eigenvalue weighted by Gasteiger charge is 2.12. The molecule has 7 nitrogen and oxygen atoms in total. The molecule has 0 aliphatic heterocycles. The molecule has 1 aromatic heterocycles. The Labute approximate surface area is 183 Å². The van der Waals surface area contributed by atoms with Crippen LogP contribution in [0.25, 0.3) is 11.4 Å². The molecule has 0 saturated heterocycles. The number of aromatic nitrogens is 2. The molecule has 0 unspecified atom stereocenters. The van der Waals surface area contributed by atoms with E-state index in [-0.39, 0.29) is 23.0 Å². The van der Waals surface area contributed by atoms with E-state index in [0.29, 0.717) is 33.9 Å². The van der Waals surface area contributed by atoms with Gasteiger partial charge in [-0.3, -0.25) is 14.4 Å². The second kappa shape index (κ2) is 8.69. The van der Waals surface area contributed by atoms with Gasteiger partial charge in [-0.1, -0.05) is 24.3 Å². The summed E-state index contributed by atoms with van der Waals surface area (Å²) < 4.78 is 0. The van der Waals surface area contributed by atoms with Crippen LogP contribution in [0.4, 0.5) is 5.69 Å². The molecule has 0 aliphatic rings. The van der Waals surface area contributed by atoms with Gasteiger partial charge < -0.3 is 15.4 Å². The van der Waals surface area contributed by atoms with E-state index < -0.39 is 0 Å². The van der Waals surface area contributed by atoms with E-state index in [1.165, 1.54) is 18.2 Å². The van der Waals surface area contributed by atoms with Crippen molar-refractivity contribution >= 4 is 17.4 Å². The molecule has 0 fully saturated rings. The number of rotatable bonds is 5. The zero-order valence-electron chi connectivity index (χ0n) is 17.1. The van der Waals surface area contributed by atoms with Gasteiger partial charge in [0.1, 0.15) is 11.6 Å². The van der Waals surface area contributed by atoms with Crippen molar-refractivity contribution in [3.8, 4) is 17.1 Å². The lowest BCUT2D eigenvalue weighted by atomic mass is 10.0. The second-order valence-electron chi connectivity index (χ2n) is 7.22. The third-order valence-electron chi connectivity index (χ3n) is 4.80. The van der Waals surface area contributed by atoms with Crippen molar-refractivity contribution in [1.82, 2.24) is 9.97 Å². The van der Waals surface area contributed by atoms with E-state index in [1.807, 2.05) is 0 Å². The van der Waals surface area contributed by atoms with E-state index in [2.05, 4.69) is 15.3 Å². The van der Waals surface area contributed by atoms with Crippen molar-refractivity contribution in [2.45, 2.75) is 6.92 Å². The number of hydrogen-bond acceptors (Lipinski definition) is 5. The SMILES string of the molecule is Cc1cc(=O)[nH]c(-c2ccc(NC(=O)c3ccc(C(=O)c4cccc(O)c4)cc3)cc2)n1. The fraction of sp³-hybridized carbons (Fsp3) is 0.0400. The van der Waals surface area contributed by atoms with Gasteiger partial charge in [0.15, 0.2) is 5.78 Å². The molecule has 0 saturated carbocycles. The lowest BCUT2D eigenvalue weighted by Crippen LogP contribution is -2.12. The molecule has 0 spiro atoms. The first-order valence-corrected chi connectivity index (χ1v) is 9.82. The zero-order chi connectivity index (χ0) is 22.7. The summed E-state index contributed by atoms with van der Waals surface area (Å²) in [7, 11) is 0. The fourth-order valence-corrected chi connectivity index (χ4v) is 3.22. The van der Waals surface area contributed by atoms with Crippen molar-refractivity contribution in [2.24, 2.45) is 0 Å². The second-order valence-corrected chi connectivity index (χ2v) is 7.22. The zero-order valence-corrected chi connectivity index (χ0v) is 17.1. The topological polar surface area (TPSA) is 112 Å². The molecule has 32 heavy (non-hydrogen) atoms. The number of aromatic amines is 1. The summed E-state index contributed by atoms with van der Waals surface area (Å²) in [5.41, 5.74) is 2.87. The van der Waals surface area contributed by atoms with Gasteiger partial charge in [-0.05, 0) is 55.5 Å². The van der Waals surface area contributed by atoms with Gasteiger partial charge in [0.05, 0.1) is 0 Å². The highest BCUT2D eigenvalue weighted by Crippen LogP contribution is 2.19. The first-order valence-electron chi connectivity index (χ1n) is 9.82. The Morgan fingerprint density at radius 3 is 2.22 bits per heavy atom. The Balaban J connectivity index is 1.46. The molecule has 0 aliphatic carbocycles. The number of amides is 1. The number of aryl methyl sites for hydroxylation is 1. The summed E-state index contributed by atoms with van der Waals surface area (Å²) in [5.74, 6) is -0.0929. The predicted octanol–water partition coefficient (Wildman–Crippen LogP) is 3.93. The Hall–Kier alpha value is -4.52. The molecule has 0 radical (unpaired) electrons. The van der Waals surface area contributed by atoms with E-state index in [9.17, 15) is 19.5 Å². The molecule has 1 amide bonds. The highest BCUT2D eigenvalue weighted by molar-refractivity contribution is 6.10. The normalized spacial score (nSPS) is 10.5. The van der Waals surface area contributed by atoms with Gasteiger partial charge in [-0.2, -0.15) is 0 Å². The minimum absolute atomic E-state index is 0.0161. The minimum Gasteiger partial charge on any atom is -0.508 e. The summed E-state index contributed by atoms with van der Waals surface area (Å²) in [4.78, 5) is 43.7. The Morgan fingerprint density at radius 1 is 0.875 bits per heavy atom. The van der Waals surface area contributed by atoms with E-state index in [1.54, 1.807) is 67.6 Å². The molecule has 1 heterocycles. The number of carbonyl (C=O) groups is 2. The van der Waals surface area contributed by atoms with Gasteiger partial charge in [-0.25, -0.2) is 4.98 Å². The van der Waals surface area contributed by atoms with E-state index >= 15 is 0 Å². The number of anilines is 1. The van der Waals surface area contributed by atoms with Gasteiger partial charge in [0, 0.05) is 39.7 Å². The van der Waals surface area contributed by atoms with Gasteiger partial charge in [-0.15, -0.1) is 0 Å². The fourth-order valence-electron chi connectivity index (χ4n) is 3.22. The Kier molecular flexibility index (Phi) is 5.63. The van der Waals surface area contributed by atoms with Crippen molar-refractivity contribution in [3.63, 3.8) is 0 Å². The molecule has 7 heteroatoms. The van der Waals surface area contributed by atoms with E-state index in [0.717, 1.165) is 5.56 Å². The third kappa shape index (κ3) is 4.62. The number of benzene rings is 3. The Bertz CT molecular complexity index is 1360. The summed E-state index contributed by atoms with van der Waals surface area (Å²) in [6.45, 7) is 1.75. The monoisotopic (exact) mass is 425 g/mol. The van der Waals surface area contributed by atoms with Crippen LogP contribution in [0.15, 0.2) is 83.7 Å². The maximum Gasteiger partial charge on any atom is 0.255 e. The number of carbonyl (C=O) groups excluding carboxylic acids is 2. The molecule has 3 aromatic carbocycles. The maximum atomic E-state index is 12.6. The number of phenols is 1. The number of hydrogen-bond donors (Lipinski definition) is 3. The van der Waals surface area contributed by atoms with Gasteiger partial charge >= 0.3 is 0 Å². The number of phenolic OH excluding ortho intramolecular Hbond substituents is 1. The molecule has 0 bridgehead atoms. The quantitative estimate of drug-likeness (QED) is 0.420. The number of ketones is 1. The molecular weight excluding hydrogens is 406 g/mol. The number of nitrogens with one attached hydrogen (secondary N) is 2. The van der Waals surface area contributed by atoms with E-state index in [4.69, 9.17) is 0 Å². The molecule has 4 aromatic rings. The van der Waals surface area contributed by atoms with Crippen LogP contribution in [0.2, 0.25) is 0 Å². The maximum absolute atomic E-state index is 12.6. The summed E-state index contributed by atoms with van der Waals surface area (Å²) >= 11 is 0. The summed E-state index contributed by atoms with van der Waals surface area (Å²) in [5, 5.41) is 12.3. The van der Waals surface area contributed by atoms with Crippen molar-refractivity contribution in [3.05, 3.63) is 112 Å². The van der Waals surface area contributed by atoms with Gasteiger partial charge in [0.25, 0.3) is 11.5 Å². The van der Waals surface area contributed by atoms with Crippen LogP contribution in [0.1, 0.15) is 32.0 Å². The van der Waals surface area contributed by atoms with Crippen LogP contribution >= 0.6 is 0 Å². The van der Waals surface area contributed by atoms with Crippen molar-refractivity contribution < 1.29 is 14.7 Å². The number of H-pyrrole nitrogens is 1. The largest absolute Gasteiger partial charge is 0.508 e. The minimum atomic E-state index is -0.323. The molecular formula is C25H19N3O4. The van der Waals surface area contributed by atoms with Crippen molar-refractivity contribution in [1.29, 1.82) is 0 Å². The average Bonchev–Trinajstić information content (AvgIpc) is 2.78. The summed E-state index contributed by atoms with van der Waals surface area (Å²) in [6.07, 6.45) is 0. The van der Waals surface area contributed by atoms with Crippen molar-refractivity contribution in [2.75, 3.05) is 5.32 Å². The lowest BCUT2D eigenvalue weighted by molar-refractivity contribution is 0.102. The van der Waals surface area contributed by atoms with Crippen LogP contribution in [-0.4, -0.2) is 26.8 Å². The van der Waals surface area contributed by atoms with Crippen LogP contribution in [0.5, 0.6) is 5.75 Å². The summed E-state index contributed by atoms with van der Waals surface area (Å²) in [6, 6.07) is 20.8. The third-order valence-corrected chi connectivity index (χ3v) is 4.80. The predicted molar refractivity (Wildman–Crippen MR) is 121 cm³/mol. The Morgan fingerprint density at radius 2 is 1.56 bits per heavy atom. The molecule has 158 valence electrons. The van der Waals surface area contributed by atoms with Crippen LogP contribution in [0, 0.1) is 6.92 Å². The van der Waals surface area contributed by atoms with Crippen LogP contribution < -0.4 is 10.9 Å². The molecule has 4 rings (SSSR count). The lowest BCUT2D eigenvalue weighted by Gasteiger charge is -2.08. The smallest absolute Gasteiger partial charge is 0.255 e. The number of nitrogens with zero attached hydrogens (tertiary/aromatic N) is 1. The first-order chi connectivity index (χ1) is 15.4. The van der Waals surface area contributed by atoms with Gasteiger partial charge in [0.2, 0.25) is 0 Å². The van der Waals surface area contributed by atoms with Crippen LogP contribution in [-0.2, 0) is 0 Å². The first kappa shape index (κ1) is 20.7. The standard InChI is InChI=1S/C25H19N3O4/c1-15-13-22(30)28-24(26-15)17-9-11-20(12-10-17)27-25(32)18-7-5-16(6-8-18)23(31)19-3-2-4-21(29)14-19/h2-14,29H,1H3,(H,27,32)(H,26,28,30). The highest BCUT2D eigenvalue weighted by atomic mass is 16.3. The number of aromatic hydroxyl groups is 1. The average molecular weight is 425 g/mol.